The lowest BCUT2D eigenvalue weighted by Gasteiger charge is -2.30. The summed E-state index contributed by atoms with van der Waals surface area (Å²) >= 11 is 0. The molecule has 0 atom stereocenters. The quantitative estimate of drug-likeness (QED) is 0.734. The van der Waals surface area contributed by atoms with Gasteiger partial charge < -0.3 is 14.7 Å². The first kappa shape index (κ1) is 20.1. The Morgan fingerprint density at radius 1 is 1.39 bits per heavy atom. The lowest BCUT2D eigenvalue weighted by molar-refractivity contribution is -0.122. The fourth-order valence-electron chi connectivity index (χ4n) is 3.10. The number of carbonyl (C=O) groups excluding carboxylic acids is 1. The number of aryl methyl sites for hydroxylation is 2. The third kappa shape index (κ3) is 4.79. The molecule has 0 spiro atoms. The molecule has 0 aromatic carbocycles. The number of rotatable bonds is 6. The molecule has 0 saturated carbocycles. The Labute approximate surface area is 158 Å². The molecule has 3 rings (SSSR count). The van der Waals surface area contributed by atoms with E-state index in [4.69, 9.17) is 4.52 Å². The van der Waals surface area contributed by atoms with Gasteiger partial charge in [-0.25, -0.2) is 22.5 Å². The molecule has 1 aliphatic heterocycles. The number of fused-ring (bicyclic) bond motifs is 1. The van der Waals surface area contributed by atoms with Gasteiger partial charge in [-0.3, -0.25) is 4.79 Å². The number of nitrogens with zero attached hydrogens (tertiary/aromatic N) is 3. The van der Waals surface area contributed by atoms with E-state index in [-0.39, 0.29) is 12.4 Å². The smallest absolute Gasteiger partial charge is 0.283 e. The van der Waals surface area contributed by atoms with Crippen molar-refractivity contribution in [3.8, 4) is 0 Å². The number of aromatic nitrogens is 2. The first-order valence-corrected chi connectivity index (χ1v) is 8.79. The van der Waals surface area contributed by atoms with Gasteiger partial charge >= 0.3 is 0 Å². The van der Waals surface area contributed by atoms with Crippen molar-refractivity contribution in [2.24, 2.45) is 0 Å². The van der Waals surface area contributed by atoms with Crippen LogP contribution in [0.2, 0.25) is 0 Å². The second kappa shape index (κ2) is 7.76. The van der Waals surface area contributed by atoms with Crippen LogP contribution in [-0.2, 0) is 17.8 Å². The molecule has 0 fully saturated rings. The predicted molar refractivity (Wildman–Crippen MR) is 93.7 cm³/mol. The molecule has 0 radical (unpaired) electrons. The largest absolute Gasteiger partial charge is 0.362 e. The van der Waals surface area contributed by atoms with Crippen LogP contribution in [0.25, 0.3) is 0 Å². The summed E-state index contributed by atoms with van der Waals surface area (Å²) in [6.07, 6.45) is -2.21. The number of halogens is 4. The van der Waals surface area contributed by atoms with Gasteiger partial charge in [-0.05, 0) is 38.3 Å². The van der Waals surface area contributed by atoms with Gasteiger partial charge in [0.05, 0.1) is 24.3 Å². The summed E-state index contributed by atoms with van der Waals surface area (Å²) in [6, 6.07) is 3.02. The number of carbonyl (C=O) groups is 1. The average Bonchev–Trinajstić information content (AvgIpc) is 3.03. The molecule has 1 aliphatic rings. The van der Waals surface area contributed by atoms with Gasteiger partial charge in [-0.15, -0.1) is 0 Å². The molecule has 10 heteroatoms. The second-order valence-corrected chi connectivity index (χ2v) is 6.96. The van der Waals surface area contributed by atoms with Gasteiger partial charge in [-0.2, -0.15) is 0 Å². The molecule has 6 nitrogen and oxygen atoms in total. The molecular weight excluding hydrogens is 380 g/mol. The lowest BCUT2D eigenvalue weighted by atomic mass is 10.1. The van der Waals surface area contributed by atoms with Gasteiger partial charge in [0.2, 0.25) is 5.91 Å². The first-order chi connectivity index (χ1) is 13.1. The van der Waals surface area contributed by atoms with E-state index in [2.05, 4.69) is 15.5 Å². The number of anilines is 2. The molecule has 0 saturated heterocycles. The van der Waals surface area contributed by atoms with E-state index in [1.165, 1.54) is 6.07 Å². The van der Waals surface area contributed by atoms with Gasteiger partial charge in [0.15, 0.2) is 5.76 Å². The molecule has 0 bridgehead atoms. The highest BCUT2D eigenvalue weighted by Crippen LogP contribution is 2.31. The Morgan fingerprint density at radius 2 is 2.14 bits per heavy atom. The zero-order valence-electron chi connectivity index (χ0n) is 15.4. The van der Waals surface area contributed by atoms with Crippen LogP contribution in [0, 0.1) is 6.92 Å². The minimum atomic E-state index is -3.10. The highest BCUT2D eigenvalue weighted by atomic mass is 19.3. The normalized spacial score (nSPS) is 14.3. The van der Waals surface area contributed by atoms with Crippen LogP contribution in [0.15, 0.2) is 16.7 Å². The summed E-state index contributed by atoms with van der Waals surface area (Å²) in [5, 5.41) is 5.79. The van der Waals surface area contributed by atoms with Crippen LogP contribution < -0.4 is 10.2 Å². The Morgan fingerprint density at radius 3 is 2.79 bits per heavy atom. The zero-order valence-corrected chi connectivity index (χ0v) is 15.4. The summed E-state index contributed by atoms with van der Waals surface area (Å²) in [5.41, 5.74) is 1.69. The number of hydrogen-bond acceptors (Lipinski definition) is 5. The van der Waals surface area contributed by atoms with Crippen LogP contribution in [0.5, 0.6) is 0 Å². The number of pyridine rings is 1. The average molecular weight is 400 g/mol. The molecule has 1 amide bonds. The van der Waals surface area contributed by atoms with E-state index in [0.29, 0.717) is 36.9 Å². The highest BCUT2D eigenvalue weighted by Gasteiger charge is 2.27. The third-order valence-corrected chi connectivity index (χ3v) is 4.33. The van der Waals surface area contributed by atoms with Crippen molar-refractivity contribution in [2.75, 3.05) is 16.8 Å². The van der Waals surface area contributed by atoms with E-state index in [1.807, 2.05) is 4.90 Å². The van der Waals surface area contributed by atoms with Gasteiger partial charge in [-0.1, -0.05) is 5.16 Å². The first-order valence-electron chi connectivity index (χ1n) is 8.79. The minimum absolute atomic E-state index is 0.245. The zero-order chi connectivity index (χ0) is 20.5. The standard InChI is InChI=1S/C18H20F4N4O2/c1-10-6-14-12(23-17(10)24-15(27)8-18(2,21)22)4-3-5-26(14)9-11-7-13(16(19)20)25-28-11/h6-7,16H,3-5,8-9H2,1-2H3,(H,23,24,27). The summed E-state index contributed by atoms with van der Waals surface area (Å²) in [5.74, 6) is -3.35. The topological polar surface area (TPSA) is 71.3 Å². The van der Waals surface area contributed by atoms with Crippen LogP contribution in [0.4, 0.5) is 29.1 Å². The van der Waals surface area contributed by atoms with Crippen molar-refractivity contribution < 1.29 is 26.9 Å². The summed E-state index contributed by atoms with van der Waals surface area (Å²) in [6.45, 7) is 3.32. The van der Waals surface area contributed by atoms with Crippen LogP contribution in [0.1, 0.15) is 48.9 Å². The second-order valence-electron chi connectivity index (χ2n) is 6.96. The fraction of sp³-hybridized carbons (Fsp3) is 0.500. The van der Waals surface area contributed by atoms with Gasteiger partial charge in [0, 0.05) is 12.6 Å². The van der Waals surface area contributed by atoms with Gasteiger partial charge in [0.1, 0.15) is 11.5 Å². The van der Waals surface area contributed by atoms with Crippen molar-refractivity contribution in [1.82, 2.24) is 10.1 Å². The minimum Gasteiger partial charge on any atom is -0.362 e. The summed E-state index contributed by atoms with van der Waals surface area (Å²) in [7, 11) is 0. The summed E-state index contributed by atoms with van der Waals surface area (Å²) in [4.78, 5) is 18.1. The fourth-order valence-corrected chi connectivity index (χ4v) is 3.10. The highest BCUT2D eigenvalue weighted by molar-refractivity contribution is 5.91. The van der Waals surface area contributed by atoms with Crippen molar-refractivity contribution in [1.29, 1.82) is 0 Å². The number of nitrogens with one attached hydrogen (secondary N) is 1. The van der Waals surface area contributed by atoms with Crippen molar-refractivity contribution >= 4 is 17.4 Å². The molecule has 2 aromatic rings. The van der Waals surface area contributed by atoms with Crippen LogP contribution >= 0.6 is 0 Å². The maximum Gasteiger partial charge on any atom is 0.283 e. The Hall–Kier alpha value is -2.65. The molecule has 2 aromatic heterocycles. The molecule has 3 heterocycles. The summed E-state index contributed by atoms with van der Waals surface area (Å²) < 4.78 is 56.3. The molecular formula is C18H20F4N4O2. The maximum atomic E-state index is 13.0. The molecule has 1 N–H and O–H groups in total. The van der Waals surface area contributed by atoms with E-state index in [0.717, 1.165) is 12.1 Å². The van der Waals surface area contributed by atoms with Crippen molar-refractivity contribution in [2.45, 2.75) is 52.0 Å². The maximum absolute atomic E-state index is 13.0. The van der Waals surface area contributed by atoms with E-state index >= 15 is 0 Å². The van der Waals surface area contributed by atoms with E-state index in [9.17, 15) is 22.4 Å². The molecule has 152 valence electrons. The Balaban J connectivity index is 1.78. The SMILES string of the molecule is Cc1cc2c(nc1NC(=O)CC(C)(F)F)CCCN2Cc1cc(C(F)F)no1. The van der Waals surface area contributed by atoms with E-state index in [1.54, 1.807) is 13.0 Å². The third-order valence-electron chi connectivity index (χ3n) is 4.33. The molecule has 0 unspecified atom stereocenters. The van der Waals surface area contributed by atoms with E-state index < -0.39 is 30.4 Å². The van der Waals surface area contributed by atoms with Crippen LogP contribution in [-0.4, -0.2) is 28.5 Å². The molecule has 28 heavy (non-hydrogen) atoms. The van der Waals surface area contributed by atoms with Crippen LogP contribution in [0.3, 0.4) is 0 Å². The predicted octanol–water partition coefficient (Wildman–Crippen LogP) is 4.25. The Bertz CT molecular complexity index is 864. The lowest BCUT2D eigenvalue weighted by Crippen LogP contribution is -2.30. The monoisotopic (exact) mass is 400 g/mol. The Kier molecular flexibility index (Phi) is 5.57. The van der Waals surface area contributed by atoms with Crippen molar-refractivity contribution in [3.63, 3.8) is 0 Å². The number of alkyl halides is 4. The number of amides is 1. The number of hydrogen-bond donors (Lipinski definition) is 1. The van der Waals surface area contributed by atoms with Gasteiger partial charge in [0.25, 0.3) is 12.3 Å². The molecule has 0 aliphatic carbocycles. The van der Waals surface area contributed by atoms with Crippen molar-refractivity contribution in [3.05, 3.63) is 34.8 Å².